The van der Waals surface area contributed by atoms with E-state index in [0.29, 0.717) is 34.5 Å². The second-order valence-corrected chi connectivity index (χ2v) is 10.7. The second-order valence-electron chi connectivity index (χ2n) is 10.7. The van der Waals surface area contributed by atoms with Gasteiger partial charge in [0.05, 0.1) is 5.60 Å². The fourth-order valence-electron chi connectivity index (χ4n) is 3.78. The second kappa shape index (κ2) is 10.4. The minimum atomic E-state index is -0.481. The van der Waals surface area contributed by atoms with Crippen molar-refractivity contribution in [2.75, 3.05) is 13.7 Å². The number of methoxy groups -OCH3 is 1. The van der Waals surface area contributed by atoms with E-state index in [1.807, 2.05) is 38.1 Å². The van der Waals surface area contributed by atoms with Gasteiger partial charge < -0.3 is 15.2 Å². The Balaban J connectivity index is 1.73. The molecule has 0 fully saturated rings. The topological polar surface area (TPSA) is 78.6 Å². The molecule has 0 aliphatic heterocycles. The van der Waals surface area contributed by atoms with Gasteiger partial charge in [-0.15, -0.1) is 0 Å². The first kappa shape index (κ1) is 27.3. The summed E-state index contributed by atoms with van der Waals surface area (Å²) in [5.74, 6) is 0.447. The van der Waals surface area contributed by atoms with Crippen molar-refractivity contribution in [2.45, 2.75) is 58.2 Å². The van der Waals surface area contributed by atoms with Crippen LogP contribution in [0.3, 0.4) is 0 Å². The van der Waals surface area contributed by atoms with Gasteiger partial charge >= 0.3 is 0 Å². The van der Waals surface area contributed by atoms with Crippen LogP contribution in [0, 0.1) is 0 Å². The maximum atomic E-state index is 13.1. The number of ketones is 2. The van der Waals surface area contributed by atoms with Gasteiger partial charge in [0.25, 0.3) is 0 Å². The Morgan fingerprint density at radius 3 is 1.39 bits per heavy atom. The minimum absolute atomic E-state index is 0.0895. The first-order valence-electron chi connectivity index (χ1n) is 12.2. The minimum Gasteiger partial charge on any atom is -0.487 e. The summed E-state index contributed by atoms with van der Waals surface area (Å²) in [5, 5.41) is 0. The molecule has 5 heteroatoms. The van der Waals surface area contributed by atoms with E-state index in [1.165, 1.54) is 0 Å². The summed E-state index contributed by atoms with van der Waals surface area (Å²) in [4.78, 5) is 26.0. The Morgan fingerprint density at radius 1 is 0.667 bits per heavy atom. The van der Waals surface area contributed by atoms with Crippen LogP contribution in [0.15, 0.2) is 72.8 Å². The fourth-order valence-corrected chi connectivity index (χ4v) is 3.78. The Bertz CT molecular complexity index is 1200. The third kappa shape index (κ3) is 5.75. The lowest BCUT2D eigenvalue weighted by molar-refractivity contribution is -0.0341. The first-order chi connectivity index (χ1) is 16.8. The lowest BCUT2D eigenvalue weighted by Gasteiger charge is -2.41. The molecule has 5 nitrogen and oxygen atoms in total. The lowest BCUT2D eigenvalue weighted by Crippen LogP contribution is -2.44. The zero-order valence-corrected chi connectivity index (χ0v) is 22.3. The molecule has 0 bridgehead atoms. The van der Waals surface area contributed by atoms with Crippen LogP contribution in [0.1, 0.15) is 78.9 Å². The summed E-state index contributed by atoms with van der Waals surface area (Å²) in [6.45, 7) is 12.6. The number of benzene rings is 3. The third-order valence-corrected chi connectivity index (χ3v) is 7.30. The summed E-state index contributed by atoms with van der Waals surface area (Å²) in [5.41, 5.74) is 7.91. The Morgan fingerprint density at radius 2 is 1.03 bits per heavy atom. The van der Waals surface area contributed by atoms with Crippen molar-refractivity contribution in [2.24, 2.45) is 5.73 Å². The predicted molar refractivity (Wildman–Crippen MR) is 144 cm³/mol. The summed E-state index contributed by atoms with van der Waals surface area (Å²) >= 11 is 0. The molecule has 3 rings (SSSR count). The van der Waals surface area contributed by atoms with Crippen LogP contribution in [-0.2, 0) is 10.2 Å². The van der Waals surface area contributed by atoms with Crippen molar-refractivity contribution >= 4 is 11.6 Å². The van der Waals surface area contributed by atoms with E-state index in [-0.39, 0.29) is 22.6 Å². The molecule has 0 saturated carbocycles. The van der Waals surface area contributed by atoms with Gasteiger partial charge in [-0.3, -0.25) is 9.59 Å². The van der Waals surface area contributed by atoms with Crippen molar-refractivity contribution in [3.63, 3.8) is 0 Å². The van der Waals surface area contributed by atoms with Gasteiger partial charge in [0, 0.05) is 41.3 Å². The van der Waals surface area contributed by atoms with E-state index >= 15 is 0 Å². The molecular formula is C31H37NO4. The number of hydrogen-bond acceptors (Lipinski definition) is 5. The molecular weight excluding hydrogens is 450 g/mol. The van der Waals surface area contributed by atoms with Crippen molar-refractivity contribution in [3.8, 4) is 5.75 Å². The molecule has 0 heterocycles. The van der Waals surface area contributed by atoms with Gasteiger partial charge in [-0.1, -0.05) is 62.4 Å². The van der Waals surface area contributed by atoms with Crippen LogP contribution >= 0.6 is 0 Å². The molecule has 190 valence electrons. The van der Waals surface area contributed by atoms with E-state index in [4.69, 9.17) is 15.2 Å². The predicted octanol–water partition coefficient (Wildman–Crippen LogP) is 5.97. The van der Waals surface area contributed by atoms with E-state index in [1.54, 1.807) is 55.6 Å². The fraction of sp³-hybridized carbons (Fsp3) is 0.355. The quantitative estimate of drug-likeness (QED) is 0.357. The highest BCUT2D eigenvalue weighted by molar-refractivity contribution is 6.11. The zero-order valence-electron chi connectivity index (χ0n) is 22.3. The van der Waals surface area contributed by atoms with Gasteiger partial charge in [-0.2, -0.15) is 0 Å². The first-order valence-corrected chi connectivity index (χ1v) is 12.2. The lowest BCUT2D eigenvalue weighted by atomic mass is 9.71. The van der Waals surface area contributed by atoms with Crippen LogP contribution in [0.5, 0.6) is 5.75 Å². The van der Waals surface area contributed by atoms with Crippen LogP contribution in [0.2, 0.25) is 0 Å². The smallest absolute Gasteiger partial charge is 0.193 e. The molecule has 0 radical (unpaired) electrons. The molecule has 0 aliphatic rings. The van der Waals surface area contributed by atoms with Crippen molar-refractivity contribution in [1.82, 2.24) is 0 Å². The molecule has 3 aromatic rings. The maximum absolute atomic E-state index is 13.1. The number of hydrogen-bond donors (Lipinski definition) is 1. The SMILES string of the molecule is COC(C)(C)C(C)(C)c1ccc(C(=O)c2ccc(C(=O)c3ccc(OC(C)(C)CN)cc3)cc2)cc1. The molecule has 2 N–H and O–H groups in total. The summed E-state index contributed by atoms with van der Waals surface area (Å²) in [6.07, 6.45) is 0. The monoisotopic (exact) mass is 487 g/mol. The van der Waals surface area contributed by atoms with Crippen molar-refractivity contribution in [1.29, 1.82) is 0 Å². The third-order valence-electron chi connectivity index (χ3n) is 7.30. The number of nitrogens with two attached hydrogens (primary N) is 1. The van der Waals surface area contributed by atoms with Crippen LogP contribution in [0.25, 0.3) is 0 Å². The molecule has 0 aromatic heterocycles. The number of carbonyl (C=O) groups excluding carboxylic acids is 2. The number of rotatable bonds is 10. The van der Waals surface area contributed by atoms with Crippen LogP contribution < -0.4 is 10.5 Å². The standard InChI is InChI=1S/C31H37NO4/c1-29(2,20-32)36-26-18-14-24(15-19-26)28(34)22-10-8-21(9-11-22)27(33)23-12-16-25(17-13-23)30(3,4)31(5,6)35-7/h8-19H,20,32H2,1-7H3. The highest BCUT2D eigenvalue weighted by Gasteiger charge is 2.38. The van der Waals surface area contributed by atoms with E-state index in [2.05, 4.69) is 27.7 Å². The number of ether oxygens (including phenoxy) is 2. The largest absolute Gasteiger partial charge is 0.487 e. The van der Waals surface area contributed by atoms with Crippen LogP contribution in [-0.4, -0.2) is 36.4 Å². The van der Waals surface area contributed by atoms with E-state index in [9.17, 15) is 9.59 Å². The van der Waals surface area contributed by atoms with Gasteiger partial charge in [-0.25, -0.2) is 0 Å². The molecule has 0 aliphatic carbocycles. The van der Waals surface area contributed by atoms with Gasteiger partial charge in [0.1, 0.15) is 11.4 Å². The molecule has 0 spiro atoms. The van der Waals surface area contributed by atoms with Crippen LogP contribution in [0.4, 0.5) is 0 Å². The molecule has 0 unspecified atom stereocenters. The number of carbonyl (C=O) groups is 2. The van der Waals surface area contributed by atoms with Crippen molar-refractivity contribution < 1.29 is 19.1 Å². The highest BCUT2D eigenvalue weighted by Crippen LogP contribution is 2.37. The van der Waals surface area contributed by atoms with Gasteiger partial charge in [-0.05, 0) is 57.5 Å². The maximum Gasteiger partial charge on any atom is 0.193 e. The molecule has 3 aromatic carbocycles. The summed E-state index contributed by atoms with van der Waals surface area (Å²) in [7, 11) is 1.71. The Hall–Kier alpha value is -3.28. The normalized spacial score (nSPS) is 12.3. The highest BCUT2D eigenvalue weighted by atomic mass is 16.5. The van der Waals surface area contributed by atoms with Gasteiger partial charge in [0.2, 0.25) is 0 Å². The summed E-state index contributed by atoms with van der Waals surface area (Å²) < 4.78 is 11.5. The van der Waals surface area contributed by atoms with E-state index in [0.717, 1.165) is 5.56 Å². The zero-order chi connectivity index (χ0) is 26.7. The summed E-state index contributed by atoms with van der Waals surface area (Å²) in [6, 6.07) is 21.4. The van der Waals surface area contributed by atoms with Crippen molar-refractivity contribution in [3.05, 3.63) is 101 Å². The van der Waals surface area contributed by atoms with E-state index < -0.39 is 5.60 Å². The Kier molecular flexibility index (Phi) is 7.87. The molecule has 0 atom stereocenters. The Labute approximate surface area is 214 Å². The molecule has 36 heavy (non-hydrogen) atoms. The average Bonchev–Trinajstić information content (AvgIpc) is 2.88. The molecule has 0 saturated heterocycles. The van der Waals surface area contributed by atoms with Gasteiger partial charge in [0.15, 0.2) is 11.6 Å². The average molecular weight is 488 g/mol. The molecule has 0 amide bonds.